The summed E-state index contributed by atoms with van der Waals surface area (Å²) in [6.45, 7) is 7.51. The van der Waals surface area contributed by atoms with Gasteiger partial charge in [-0.05, 0) is 6.42 Å². The van der Waals surface area contributed by atoms with Crippen LogP contribution in [0.1, 0.15) is 6.42 Å². The van der Waals surface area contributed by atoms with E-state index in [2.05, 4.69) is 18.5 Å². The molecular weight excluding hydrogens is 154 g/mol. The molecule has 0 radical (unpaired) electrons. The number of rotatable bonds is 6. The zero-order valence-corrected chi connectivity index (χ0v) is 6.92. The SMILES string of the molecule is C=CCNC=C(CC=C)C(=O)O. The molecule has 0 fully saturated rings. The second-order valence-electron chi connectivity index (χ2n) is 2.16. The average molecular weight is 167 g/mol. The summed E-state index contributed by atoms with van der Waals surface area (Å²) in [5.41, 5.74) is 0.298. The van der Waals surface area contributed by atoms with Crippen LogP contribution in [0.4, 0.5) is 0 Å². The van der Waals surface area contributed by atoms with Crippen molar-refractivity contribution < 1.29 is 9.90 Å². The van der Waals surface area contributed by atoms with E-state index in [1.165, 1.54) is 6.20 Å². The van der Waals surface area contributed by atoms with Gasteiger partial charge < -0.3 is 10.4 Å². The van der Waals surface area contributed by atoms with Gasteiger partial charge in [0.1, 0.15) is 0 Å². The number of allylic oxidation sites excluding steroid dienone is 1. The minimum absolute atomic E-state index is 0.298. The predicted octanol–water partition coefficient (Wildman–Crippen LogP) is 1.31. The summed E-state index contributed by atoms with van der Waals surface area (Å²) in [4.78, 5) is 10.5. The molecular formula is C9H13NO2. The lowest BCUT2D eigenvalue weighted by Crippen LogP contribution is -2.09. The van der Waals surface area contributed by atoms with Gasteiger partial charge in [0.2, 0.25) is 0 Å². The summed E-state index contributed by atoms with van der Waals surface area (Å²) >= 11 is 0. The maximum atomic E-state index is 10.5. The second kappa shape index (κ2) is 6.22. The molecule has 3 heteroatoms. The molecule has 0 aromatic rings. The van der Waals surface area contributed by atoms with Gasteiger partial charge in [0, 0.05) is 12.7 Å². The summed E-state index contributed by atoms with van der Waals surface area (Å²) in [5.74, 6) is -0.925. The largest absolute Gasteiger partial charge is 0.478 e. The molecule has 0 aliphatic rings. The van der Waals surface area contributed by atoms with Crippen molar-refractivity contribution in [3.05, 3.63) is 37.1 Å². The van der Waals surface area contributed by atoms with E-state index in [4.69, 9.17) is 5.11 Å². The Morgan fingerprint density at radius 2 is 2.08 bits per heavy atom. The Morgan fingerprint density at radius 3 is 2.50 bits per heavy atom. The fraction of sp³-hybridized carbons (Fsp3) is 0.222. The molecule has 0 amide bonds. The molecule has 0 aliphatic carbocycles. The van der Waals surface area contributed by atoms with Crippen molar-refractivity contribution in [2.75, 3.05) is 6.54 Å². The first kappa shape index (κ1) is 10.5. The molecule has 12 heavy (non-hydrogen) atoms. The van der Waals surface area contributed by atoms with Crippen molar-refractivity contribution in [2.24, 2.45) is 0 Å². The standard InChI is InChI=1S/C9H13NO2/c1-3-5-8(9(11)12)7-10-6-4-2/h3-4,7,10H,1-2,5-6H2,(H,11,12). The lowest BCUT2D eigenvalue weighted by Gasteiger charge is -1.98. The third-order valence-corrected chi connectivity index (χ3v) is 1.18. The molecule has 0 aromatic heterocycles. The van der Waals surface area contributed by atoms with Gasteiger partial charge in [-0.2, -0.15) is 0 Å². The van der Waals surface area contributed by atoms with E-state index in [1.54, 1.807) is 12.2 Å². The van der Waals surface area contributed by atoms with Crippen LogP contribution in [0, 0.1) is 0 Å². The van der Waals surface area contributed by atoms with Crippen LogP contribution in [0.15, 0.2) is 37.1 Å². The molecule has 0 spiro atoms. The third kappa shape index (κ3) is 4.33. The molecule has 0 aromatic carbocycles. The lowest BCUT2D eigenvalue weighted by molar-refractivity contribution is -0.132. The highest BCUT2D eigenvalue weighted by molar-refractivity contribution is 5.86. The first-order chi connectivity index (χ1) is 5.72. The molecule has 0 rings (SSSR count). The van der Waals surface area contributed by atoms with E-state index in [-0.39, 0.29) is 0 Å². The molecule has 3 nitrogen and oxygen atoms in total. The quantitative estimate of drug-likeness (QED) is 0.356. The topological polar surface area (TPSA) is 49.3 Å². The maximum Gasteiger partial charge on any atom is 0.333 e. The van der Waals surface area contributed by atoms with Crippen LogP contribution in [0.3, 0.4) is 0 Å². The van der Waals surface area contributed by atoms with Crippen LogP contribution in [0.2, 0.25) is 0 Å². The number of aliphatic carboxylic acids is 1. The number of hydrogen-bond acceptors (Lipinski definition) is 2. The Bertz CT molecular complexity index is 207. The van der Waals surface area contributed by atoms with Gasteiger partial charge >= 0.3 is 5.97 Å². The average Bonchev–Trinajstić information content (AvgIpc) is 2.03. The van der Waals surface area contributed by atoms with E-state index < -0.39 is 5.97 Å². The molecule has 0 atom stereocenters. The number of nitrogens with one attached hydrogen (secondary N) is 1. The van der Waals surface area contributed by atoms with Gasteiger partial charge in [-0.25, -0.2) is 4.79 Å². The van der Waals surface area contributed by atoms with E-state index in [9.17, 15) is 4.79 Å². The minimum atomic E-state index is -0.925. The van der Waals surface area contributed by atoms with Crippen molar-refractivity contribution >= 4 is 5.97 Å². The summed E-state index contributed by atoms with van der Waals surface area (Å²) in [6, 6.07) is 0. The van der Waals surface area contributed by atoms with Gasteiger partial charge in [-0.1, -0.05) is 12.2 Å². The second-order valence-corrected chi connectivity index (χ2v) is 2.16. The van der Waals surface area contributed by atoms with Crippen LogP contribution in [0.5, 0.6) is 0 Å². The Hall–Kier alpha value is -1.51. The number of carbonyl (C=O) groups is 1. The highest BCUT2D eigenvalue weighted by atomic mass is 16.4. The van der Waals surface area contributed by atoms with Crippen LogP contribution < -0.4 is 5.32 Å². The van der Waals surface area contributed by atoms with E-state index in [0.717, 1.165) is 0 Å². The molecule has 0 bridgehead atoms. The van der Waals surface area contributed by atoms with E-state index in [1.807, 2.05) is 0 Å². The minimum Gasteiger partial charge on any atom is -0.478 e. The zero-order valence-electron chi connectivity index (χ0n) is 6.92. The van der Waals surface area contributed by atoms with Gasteiger partial charge in [0.15, 0.2) is 0 Å². The number of carboxylic acid groups (broad SMARTS) is 1. The smallest absolute Gasteiger partial charge is 0.333 e. The van der Waals surface area contributed by atoms with Crippen molar-refractivity contribution in [1.82, 2.24) is 5.32 Å². The molecule has 0 saturated heterocycles. The van der Waals surface area contributed by atoms with Crippen LogP contribution >= 0.6 is 0 Å². The lowest BCUT2D eigenvalue weighted by atomic mass is 10.2. The molecule has 0 unspecified atom stereocenters. The monoisotopic (exact) mass is 167 g/mol. The fourth-order valence-corrected chi connectivity index (χ4v) is 0.629. The van der Waals surface area contributed by atoms with Gasteiger partial charge in [-0.3, -0.25) is 0 Å². The maximum absolute atomic E-state index is 10.5. The first-order valence-corrected chi connectivity index (χ1v) is 3.60. The highest BCUT2D eigenvalue weighted by Gasteiger charge is 2.02. The van der Waals surface area contributed by atoms with Crippen molar-refractivity contribution in [3.63, 3.8) is 0 Å². The molecule has 0 saturated carbocycles. The van der Waals surface area contributed by atoms with Crippen molar-refractivity contribution in [1.29, 1.82) is 0 Å². The summed E-state index contributed by atoms with van der Waals surface area (Å²) in [7, 11) is 0. The van der Waals surface area contributed by atoms with E-state index >= 15 is 0 Å². The van der Waals surface area contributed by atoms with Gasteiger partial charge in [-0.15, -0.1) is 13.2 Å². The molecule has 66 valence electrons. The third-order valence-electron chi connectivity index (χ3n) is 1.18. The summed E-state index contributed by atoms with van der Waals surface area (Å²) in [5, 5.41) is 11.4. The molecule has 0 heterocycles. The predicted molar refractivity (Wildman–Crippen MR) is 48.7 cm³/mol. The zero-order chi connectivity index (χ0) is 9.40. The summed E-state index contributed by atoms with van der Waals surface area (Å²) < 4.78 is 0. The Balaban J connectivity index is 4.07. The summed E-state index contributed by atoms with van der Waals surface area (Å²) in [6.07, 6.45) is 5.03. The normalized spacial score (nSPS) is 10.5. The number of carboxylic acids is 1. The number of hydrogen-bond donors (Lipinski definition) is 2. The Morgan fingerprint density at radius 1 is 1.42 bits per heavy atom. The van der Waals surface area contributed by atoms with Crippen LogP contribution in [-0.4, -0.2) is 17.6 Å². The highest BCUT2D eigenvalue weighted by Crippen LogP contribution is 1.99. The van der Waals surface area contributed by atoms with Gasteiger partial charge in [0.05, 0.1) is 5.57 Å². The Kier molecular flexibility index (Phi) is 5.43. The fourth-order valence-electron chi connectivity index (χ4n) is 0.629. The Labute approximate surface area is 72.1 Å². The van der Waals surface area contributed by atoms with E-state index in [0.29, 0.717) is 18.5 Å². The van der Waals surface area contributed by atoms with Gasteiger partial charge in [0.25, 0.3) is 0 Å². The van der Waals surface area contributed by atoms with Crippen LogP contribution in [0.25, 0.3) is 0 Å². The first-order valence-electron chi connectivity index (χ1n) is 3.60. The van der Waals surface area contributed by atoms with Crippen molar-refractivity contribution in [3.8, 4) is 0 Å². The van der Waals surface area contributed by atoms with Crippen LogP contribution in [-0.2, 0) is 4.79 Å². The van der Waals surface area contributed by atoms with Crippen molar-refractivity contribution in [2.45, 2.75) is 6.42 Å². The molecule has 0 aliphatic heterocycles. The molecule has 2 N–H and O–H groups in total.